The highest BCUT2D eigenvalue weighted by Gasteiger charge is 2.18. The van der Waals surface area contributed by atoms with Gasteiger partial charge >= 0.3 is 0 Å². The second-order valence-electron chi connectivity index (χ2n) is 6.04. The molecule has 0 radical (unpaired) electrons. The number of ether oxygens (including phenoxy) is 1. The molecule has 17 heavy (non-hydrogen) atoms. The van der Waals surface area contributed by atoms with Gasteiger partial charge in [0.1, 0.15) is 0 Å². The fourth-order valence-electron chi connectivity index (χ4n) is 2.33. The Morgan fingerprint density at radius 2 is 2.12 bits per heavy atom. The van der Waals surface area contributed by atoms with Gasteiger partial charge in [-0.3, -0.25) is 0 Å². The van der Waals surface area contributed by atoms with Crippen molar-refractivity contribution in [1.82, 2.24) is 10.6 Å². The molecule has 0 spiro atoms. The molecular weight excluding hydrogens is 212 g/mol. The average molecular weight is 242 g/mol. The molecule has 1 rings (SSSR count). The van der Waals surface area contributed by atoms with E-state index < -0.39 is 0 Å². The first-order valence-electron chi connectivity index (χ1n) is 7.07. The van der Waals surface area contributed by atoms with Crippen molar-refractivity contribution in [3.05, 3.63) is 0 Å². The topological polar surface area (TPSA) is 33.3 Å². The van der Waals surface area contributed by atoms with Crippen molar-refractivity contribution in [3.8, 4) is 0 Å². The van der Waals surface area contributed by atoms with Crippen LogP contribution in [0, 0.1) is 5.41 Å². The molecule has 1 fully saturated rings. The molecule has 1 aliphatic rings. The van der Waals surface area contributed by atoms with Crippen LogP contribution in [0.2, 0.25) is 0 Å². The van der Waals surface area contributed by atoms with Gasteiger partial charge in [0.15, 0.2) is 0 Å². The summed E-state index contributed by atoms with van der Waals surface area (Å²) >= 11 is 0. The van der Waals surface area contributed by atoms with Gasteiger partial charge in [-0.2, -0.15) is 0 Å². The van der Waals surface area contributed by atoms with Crippen LogP contribution in [-0.2, 0) is 4.74 Å². The summed E-state index contributed by atoms with van der Waals surface area (Å²) in [5.74, 6) is 0. The molecule has 2 N–H and O–H groups in total. The summed E-state index contributed by atoms with van der Waals surface area (Å²) in [6.45, 7) is 8.85. The molecule has 0 saturated carbocycles. The highest BCUT2D eigenvalue weighted by atomic mass is 16.5. The first-order valence-corrected chi connectivity index (χ1v) is 7.07. The highest BCUT2D eigenvalue weighted by Crippen LogP contribution is 2.18. The van der Waals surface area contributed by atoms with Crippen molar-refractivity contribution in [2.24, 2.45) is 5.41 Å². The molecule has 0 aromatic rings. The number of hydrogen-bond donors (Lipinski definition) is 2. The third-order valence-electron chi connectivity index (χ3n) is 3.64. The van der Waals surface area contributed by atoms with Crippen LogP contribution in [0.5, 0.6) is 0 Å². The van der Waals surface area contributed by atoms with Gasteiger partial charge in [-0.05, 0) is 31.2 Å². The molecule has 0 aromatic heterocycles. The lowest BCUT2D eigenvalue weighted by molar-refractivity contribution is 0.150. The van der Waals surface area contributed by atoms with E-state index in [2.05, 4.69) is 24.5 Å². The molecular formula is C14H30N2O. The second-order valence-corrected chi connectivity index (χ2v) is 6.04. The van der Waals surface area contributed by atoms with Gasteiger partial charge in [0.25, 0.3) is 0 Å². The highest BCUT2D eigenvalue weighted by molar-refractivity contribution is 4.76. The minimum atomic E-state index is 0.334. The molecule has 1 aliphatic heterocycles. The van der Waals surface area contributed by atoms with Crippen LogP contribution in [-0.4, -0.2) is 39.4 Å². The van der Waals surface area contributed by atoms with Crippen molar-refractivity contribution in [2.45, 2.75) is 52.0 Å². The lowest BCUT2D eigenvalue weighted by Crippen LogP contribution is -2.41. The zero-order valence-electron chi connectivity index (χ0n) is 11.8. The smallest absolute Gasteiger partial charge is 0.0467 e. The Kier molecular flexibility index (Phi) is 7.09. The summed E-state index contributed by atoms with van der Waals surface area (Å²) in [6.07, 6.45) is 6.56. The van der Waals surface area contributed by atoms with Gasteiger partial charge in [0.2, 0.25) is 0 Å². The number of rotatable bonds is 7. The minimum Gasteiger partial charge on any atom is -0.385 e. The van der Waals surface area contributed by atoms with Crippen molar-refractivity contribution >= 4 is 0 Å². The van der Waals surface area contributed by atoms with Crippen molar-refractivity contribution in [2.75, 3.05) is 33.4 Å². The lowest BCUT2D eigenvalue weighted by Gasteiger charge is -2.26. The summed E-state index contributed by atoms with van der Waals surface area (Å²) in [5, 5.41) is 7.24. The molecule has 1 unspecified atom stereocenters. The summed E-state index contributed by atoms with van der Waals surface area (Å²) in [5.41, 5.74) is 0.334. The summed E-state index contributed by atoms with van der Waals surface area (Å²) in [7, 11) is 1.78. The van der Waals surface area contributed by atoms with Crippen LogP contribution in [0.4, 0.5) is 0 Å². The Bertz CT molecular complexity index is 187. The van der Waals surface area contributed by atoms with Gasteiger partial charge in [-0.1, -0.05) is 26.7 Å². The second kappa shape index (κ2) is 8.06. The Morgan fingerprint density at radius 1 is 1.29 bits per heavy atom. The quantitative estimate of drug-likeness (QED) is 0.718. The van der Waals surface area contributed by atoms with Crippen LogP contribution >= 0.6 is 0 Å². The molecule has 0 amide bonds. The Balaban J connectivity index is 2.12. The van der Waals surface area contributed by atoms with Gasteiger partial charge in [-0.15, -0.1) is 0 Å². The molecule has 3 nitrogen and oxygen atoms in total. The maximum atomic E-state index is 5.15. The Morgan fingerprint density at radius 3 is 2.88 bits per heavy atom. The monoisotopic (exact) mass is 242 g/mol. The van der Waals surface area contributed by atoms with E-state index in [-0.39, 0.29) is 0 Å². The Hall–Kier alpha value is -0.120. The maximum absolute atomic E-state index is 5.15. The molecule has 1 heterocycles. The maximum Gasteiger partial charge on any atom is 0.0467 e. The first kappa shape index (κ1) is 14.9. The number of hydrogen-bond acceptors (Lipinski definition) is 3. The van der Waals surface area contributed by atoms with Gasteiger partial charge < -0.3 is 15.4 Å². The van der Waals surface area contributed by atoms with Gasteiger partial charge in [-0.25, -0.2) is 0 Å². The molecule has 0 aromatic carbocycles. The van der Waals surface area contributed by atoms with Gasteiger partial charge in [0.05, 0.1) is 0 Å². The number of nitrogens with one attached hydrogen (secondary N) is 2. The summed E-state index contributed by atoms with van der Waals surface area (Å²) in [4.78, 5) is 0. The zero-order chi connectivity index (χ0) is 12.6. The van der Waals surface area contributed by atoms with Crippen LogP contribution in [0.1, 0.15) is 46.0 Å². The Labute approximate surface area is 107 Å². The van der Waals surface area contributed by atoms with Crippen molar-refractivity contribution < 1.29 is 4.74 Å². The van der Waals surface area contributed by atoms with E-state index in [4.69, 9.17) is 4.74 Å². The van der Waals surface area contributed by atoms with Crippen LogP contribution in [0.3, 0.4) is 0 Å². The summed E-state index contributed by atoms with van der Waals surface area (Å²) < 4.78 is 5.15. The van der Waals surface area contributed by atoms with E-state index in [1.165, 1.54) is 32.2 Å². The standard InChI is InChI=1S/C14H30N2O/c1-14(2,8-10-17-3)12-15-11-13-7-5-4-6-9-16-13/h13,15-16H,4-12H2,1-3H3. The normalized spacial score (nSPS) is 22.4. The SMILES string of the molecule is COCCC(C)(C)CNCC1CCCCCN1. The molecule has 0 bridgehead atoms. The zero-order valence-corrected chi connectivity index (χ0v) is 11.8. The molecule has 0 aliphatic carbocycles. The third kappa shape index (κ3) is 7.02. The lowest BCUT2D eigenvalue weighted by atomic mass is 9.89. The van der Waals surface area contributed by atoms with Crippen LogP contribution in [0.15, 0.2) is 0 Å². The predicted octanol–water partition coefficient (Wildman–Crippen LogP) is 2.17. The van der Waals surface area contributed by atoms with E-state index in [0.29, 0.717) is 11.5 Å². The molecule has 1 saturated heterocycles. The fourth-order valence-corrected chi connectivity index (χ4v) is 2.33. The fraction of sp³-hybridized carbons (Fsp3) is 1.00. The van der Waals surface area contributed by atoms with Crippen molar-refractivity contribution in [3.63, 3.8) is 0 Å². The van der Waals surface area contributed by atoms with E-state index in [9.17, 15) is 0 Å². The van der Waals surface area contributed by atoms with E-state index in [0.717, 1.165) is 26.1 Å². The molecule has 1 atom stereocenters. The van der Waals surface area contributed by atoms with Crippen LogP contribution < -0.4 is 10.6 Å². The van der Waals surface area contributed by atoms with Gasteiger partial charge in [0, 0.05) is 32.8 Å². The molecule has 3 heteroatoms. The van der Waals surface area contributed by atoms with E-state index in [1.807, 2.05) is 0 Å². The van der Waals surface area contributed by atoms with E-state index >= 15 is 0 Å². The summed E-state index contributed by atoms with van der Waals surface area (Å²) in [6, 6.07) is 0.677. The van der Waals surface area contributed by atoms with Crippen LogP contribution in [0.25, 0.3) is 0 Å². The minimum absolute atomic E-state index is 0.334. The molecule has 102 valence electrons. The van der Waals surface area contributed by atoms with Crippen molar-refractivity contribution in [1.29, 1.82) is 0 Å². The average Bonchev–Trinajstić information content (AvgIpc) is 2.55. The third-order valence-corrected chi connectivity index (χ3v) is 3.64. The van der Waals surface area contributed by atoms with E-state index in [1.54, 1.807) is 7.11 Å². The first-order chi connectivity index (χ1) is 8.14. The predicted molar refractivity (Wildman–Crippen MR) is 73.4 cm³/mol. The largest absolute Gasteiger partial charge is 0.385 e. The number of methoxy groups -OCH3 is 1.